The van der Waals surface area contributed by atoms with Gasteiger partial charge in [0.25, 0.3) is 5.91 Å². The first-order chi connectivity index (χ1) is 14.7. The summed E-state index contributed by atoms with van der Waals surface area (Å²) in [5, 5.41) is 2.90. The molecule has 3 rings (SSSR count). The summed E-state index contributed by atoms with van der Waals surface area (Å²) in [5.41, 5.74) is 5.46. The second kappa shape index (κ2) is 9.47. The van der Waals surface area contributed by atoms with Gasteiger partial charge >= 0.3 is 5.97 Å². The van der Waals surface area contributed by atoms with E-state index in [-0.39, 0.29) is 5.91 Å². The number of nitrogens with one attached hydrogen (secondary N) is 1. The third kappa shape index (κ3) is 5.72. The number of carbonyl (C=O) groups is 2. The van der Waals surface area contributed by atoms with Crippen LogP contribution in [0.2, 0.25) is 0 Å². The Morgan fingerprint density at radius 1 is 0.806 bits per heavy atom. The van der Waals surface area contributed by atoms with Gasteiger partial charge in [0, 0.05) is 11.3 Å². The minimum absolute atomic E-state index is 0.226. The lowest BCUT2D eigenvalue weighted by Gasteiger charge is -2.16. The van der Waals surface area contributed by atoms with Crippen LogP contribution in [0, 0.1) is 27.7 Å². The van der Waals surface area contributed by atoms with Gasteiger partial charge in [0.15, 0.2) is 6.10 Å². The Balaban J connectivity index is 1.60. The molecule has 0 saturated carbocycles. The van der Waals surface area contributed by atoms with Crippen molar-refractivity contribution in [2.75, 3.05) is 5.32 Å². The molecule has 0 spiro atoms. The highest BCUT2D eigenvalue weighted by Gasteiger charge is 2.18. The lowest BCUT2D eigenvalue weighted by atomic mass is 10.1. The normalized spacial score (nSPS) is 11.5. The first-order valence-corrected chi connectivity index (χ1v) is 10.2. The second-order valence-corrected chi connectivity index (χ2v) is 7.75. The fourth-order valence-corrected chi connectivity index (χ4v) is 3.19. The molecule has 3 aromatic carbocycles. The van der Waals surface area contributed by atoms with E-state index in [9.17, 15) is 9.59 Å². The van der Waals surface area contributed by atoms with Crippen LogP contribution in [0.25, 0.3) is 0 Å². The summed E-state index contributed by atoms with van der Waals surface area (Å²) in [6, 6.07) is 18.1. The van der Waals surface area contributed by atoms with Gasteiger partial charge in [-0.05, 0) is 82.1 Å². The number of rotatable bonds is 6. The molecule has 1 N–H and O–H groups in total. The van der Waals surface area contributed by atoms with Gasteiger partial charge in [-0.25, -0.2) is 4.79 Å². The van der Waals surface area contributed by atoms with Crippen molar-refractivity contribution in [2.45, 2.75) is 40.7 Å². The summed E-state index contributed by atoms with van der Waals surface area (Å²) in [5.74, 6) is 0.265. The molecule has 0 aromatic heterocycles. The topological polar surface area (TPSA) is 64.6 Å². The number of hydrogen-bond acceptors (Lipinski definition) is 4. The van der Waals surface area contributed by atoms with E-state index >= 15 is 0 Å². The van der Waals surface area contributed by atoms with Gasteiger partial charge in [-0.1, -0.05) is 35.4 Å². The molecule has 5 nitrogen and oxygen atoms in total. The van der Waals surface area contributed by atoms with Gasteiger partial charge in [0.05, 0.1) is 0 Å². The lowest BCUT2D eigenvalue weighted by molar-refractivity contribution is -0.141. The van der Waals surface area contributed by atoms with E-state index in [1.165, 1.54) is 0 Å². The summed E-state index contributed by atoms with van der Waals surface area (Å²) in [4.78, 5) is 24.9. The summed E-state index contributed by atoms with van der Waals surface area (Å²) < 4.78 is 11.1. The van der Waals surface area contributed by atoms with Gasteiger partial charge in [-0.3, -0.25) is 4.79 Å². The number of carbonyl (C=O) groups excluding carboxylic acids is 2. The number of anilines is 1. The number of hydrogen-bond donors (Lipinski definition) is 1. The molecule has 0 fully saturated rings. The van der Waals surface area contributed by atoms with E-state index in [0.717, 1.165) is 27.9 Å². The zero-order valence-electron chi connectivity index (χ0n) is 18.5. The minimum atomic E-state index is -0.770. The van der Waals surface area contributed by atoms with Gasteiger partial charge in [0.2, 0.25) is 0 Å². The van der Waals surface area contributed by atoms with Crippen molar-refractivity contribution in [2.24, 2.45) is 0 Å². The van der Waals surface area contributed by atoms with Crippen LogP contribution >= 0.6 is 0 Å². The Labute approximate surface area is 183 Å². The van der Waals surface area contributed by atoms with Crippen LogP contribution < -0.4 is 14.8 Å². The molecule has 3 aromatic rings. The maximum absolute atomic E-state index is 12.5. The van der Waals surface area contributed by atoms with E-state index in [1.54, 1.807) is 31.2 Å². The summed E-state index contributed by atoms with van der Waals surface area (Å²) in [6.45, 7) is 9.54. The average Bonchev–Trinajstić information content (AvgIpc) is 2.72. The Hall–Kier alpha value is -3.60. The van der Waals surface area contributed by atoms with Crippen molar-refractivity contribution in [1.29, 1.82) is 0 Å². The Kier molecular flexibility index (Phi) is 6.75. The van der Waals surface area contributed by atoms with E-state index in [1.807, 2.05) is 64.1 Å². The SMILES string of the molecule is Cc1ccc(NC(=O)c2ccc(OC(=O)C(C)Oc3ccc(C)cc3C)cc2)c(C)c1. The predicted octanol–water partition coefficient (Wildman–Crippen LogP) is 5.55. The summed E-state index contributed by atoms with van der Waals surface area (Å²) >= 11 is 0. The molecule has 1 amide bonds. The number of aryl methyl sites for hydroxylation is 4. The van der Waals surface area contributed by atoms with Gasteiger partial charge in [0.1, 0.15) is 11.5 Å². The monoisotopic (exact) mass is 417 g/mol. The molecule has 0 aliphatic heterocycles. The van der Waals surface area contributed by atoms with Crippen LogP contribution in [0.15, 0.2) is 60.7 Å². The molecule has 0 bridgehead atoms. The van der Waals surface area contributed by atoms with Crippen LogP contribution in [0.5, 0.6) is 11.5 Å². The van der Waals surface area contributed by atoms with Crippen molar-refractivity contribution in [3.05, 3.63) is 88.5 Å². The molecular weight excluding hydrogens is 390 g/mol. The average molecular weight is 418 g/mol. The third-order valence-corrected chi connectivity index (χ3v) is 4.93. The van der Waals surface area contributed by atoms with Crippen molar-refractivity contribution in [3.8, 4) is 11.5 Å². The highest BCUT2D eigenvalue weighted by atomic mass is 16.6. The van der Waals surface area contributed by atoms with E-state index in [4.69, 9.17) is 9.47 Å². The number of benzene rings is 3. The first kappa shape index (κ1) is 22.1. The molecule has 31 heavy (non-hydrogen) atoms. The van der Waals surface area contributed by atoms with E-state index in [0.29, 0.717) is 17.1 Å². The quantitative estimate of drug-likeness (QED) is 0.422. The van der Waals surface area contributed by atoms with E-state index < -0.39 is 12.1 Å². The van der Waals surface area contributed by atoms with Gasteiger partial charge in [-0.15, -0.1) is 0 Å². The fraction of sp³-hybridized carbons (Fsp3) is 0.231. The van der Waals surface area contributed by atoms with Gasteiger partial charge in [-0.2, -0.15) is 0 Å². The fourth-order valence-electron chi connectivity index (χ4n) is 3.19. The van der Waals surface area contributed by atoms with E-state index in [2.05, 4.69) is 5.32 Å². The molecule has 160 valence electrons. The Morgan fingerprint density at radius 3 is 2.03 bits per heavy atom. The van der Waals surface area contributed by atoms with Crippen LogP contribution in [-0.4, -0.2) is 18.0 Å². The molecule has 0 aliphatic carbocycles. The second-order valence-electron chi connectivity index (χ2n) is 7.75. The van der Waals surface area contributed by atoms with Crippen LogP contribution in [0.4, 0.5) is 5.69 Å². The number of ether oxygens (including phenoxy) is 2. The number of esters is 1. The summed E-state index contributed by atoms with van der Waals surface area (Å²) in [6.07, 6.45) is -0.770. The molecule has 1 unspecified atom stereocenters. The minimum Gasteiger partial charge on any atom is -0.479 e. The number of amides is 1. The zero-order valence-corrected chi connectivity index (χ0v) is 18.5. The molecule has 1 atom stereocenters. The molecule has 5 heteroatoms. The largest absolute Gasteiger partial charge is 0.479 e. The molecule has 0 radical (unpaired) electrons. The third-order valence-electron chi connectivity index (χ3n) is 4.93. The van der Waals surface area contributed by atoms with Gasteiger partial charge < -0.3 is 14.8 Å². The maximum Gasteiger partial charge on any atom is 0.352 e. The lowest BCUT2D eigenvalue weighted by Crippen LogP contribution is -2.28. The zero-order chi connectivity index (χ0) is 22.5. The van der Waals surface area contributed by atoms with Crippen molar-refractivity contribution in [3.63, 3.8) is 0 Å². The van der Waals surface area contributed by atoms with Crippen molar-refractivity contribution < 1.29 is 19.1 Å². The highest BCUT2D eigenvalue weighted by Crippen LogP contribution is 2.22. The first-order valence-electron chi connectivity index (χ1n) is 10.2. The summed E-state index contributed by atoms with van der Waals surface area (Å²) in [7, 11) is 0. The van der Waals surface area contributed by atoms with Crippen LogP contribution in [-0.2, 0) is 4.79 Å². The highest BCUT2D eigenvalue weighted by molar-refractivity contribution is 6.04. The Morgan fingerprint density at radius 2 is 1.42 bits per heavy atom. The predicted molar refractivity (Wildman–Crippen MR) is 122 cm³/mol. The van der Waals surface area contributed by atoms with Crippen molar-refractivity contribution >= 4 is 17.6 Å². The molecular formula is C26H27NO4. The van der Waals surface area contributed by atoms with Crippen LogP contribution in [0.1, 0.15) is 39.5 Å². The maximum atomic E-state index is 12.5. The molecule has 0 saturated heterocycles. The standard InChI is InChI=1S/C26H27NO4/c1-16-6-12-23(18(3)14-16)27-25(28)21-8-10-22(11-9-21)31-26(29)20(5)30-24-13-7-17(2)15-19(24)4/h6-15,20H,1-5H3,(H,27,28). The van der Waals surface area contributed by atoms with Crippen LogP contribution in [0.3, 0.4) is 0 Å². The van der Waals surface area contributed by atoms with Crippen molar-refractivity contribution in [1.82, 2.24) is 0 Å². The smallest absolute Gasteiger partial charge is 0.352 e. The molecule has 0 heterocycles. The molecule has 0 aliphatic rings. The Bertz CT molecular complexity index is 1100.